The second-order valence-electron chi connectivity index (χ2n) is 5.09. The van der Waals surface area contributed by atoms with Crippen LogP contribution in [0.15, 0.2) is 4.63 Å². The van der Waals surface area contributed by atoms with Crippen molar-refractivity contribution in [1.82, 2.24) is 20.5 Å². The number of nitrogen functional groups attached to an aromatic ring is 1. The minimum atomic E-state index is -0.307. The third kappa shape index (κ3) is 2.31. The first kappa shape index (κ1) is 11.5. The van der Waals surface area contributed by atoms with E-state index in [1.54, 1.807) is 0 Å². The standard InChI is InChI=1S/C11H17N5O2/c12-10-9(14-18-15-10)11(17)13-5-7-3-4-16(6-7)8-1-2-8/h7-8H,1-6H2,(H2,12,15)(H,13,17). The van der Waals surface area contributed by atoms with E-state index in [-0.39, 0.29) is 17.4 Å². The molecule has 3 N–H and O–H groups in total. The van der Waals surface area contributed by atoms with Crippen molar-refractivity contribution in [2.24, 2.45) is 5.92 Å². The van der Waals surface area contributed by atoms with Gasteiger partial charge in [-0.1, -0.05) is 0 Å². The Morgan fingerprint density at radius 2 is 2.28 bits per heavy atom. The average molecular weight is 251 g/mol. The maximum Gasteiger partial charge on any atom is 0.277 e. The van der Waals surface area contributed by atoms with Crippen LogP contribution in [0, 0.1) is 5.92 Å². The van der Waals surface area contributed by atoms with Gasteiger partial charge in [0.15, 0.2) is 0 Å². The van der Waals surface area contributed by atoms with E-state index in [1.807, 2.05) is 0 Å². The highest BCUT2D eigenvalue weighted by Gasteiger charge is 2.34. The topological polar surface area (TPSA) is 97.3 Å². The molecule has 18 heavy (non-hydrogen) atoms. The van der Waals surface area contributed by atoms with Gasteiger partial charge in [-0.05, 0) is 42.0 Å². The number of anilines is 1. The lowest BCUT2D eigenvalue weighted by molar-refractivity contribution is 0.0938. The summed E-state index contributed by atoms with van der Waals surface area (Å²) >= 11 is 0. The molecule has 3 rings (SSSR count). The van der Waals surface area contributed by atoms with Crippen LogP contribution in [-0.2, 0) is 0 Å². The summed E-state index contributed by atoms with van der Waals surface area (Å²) in [6.45, 7) is 2.89. The Labute approximate surface area is 105 Å². The number of hydrogen-bond acceptors (Lipinski definition) is 6. The lowest BCUT2D eigenvalue weighted by Crippen LogP contribution is -2.32. The molecule has 0 radical (unpaired) electrons. The number of rotatable bonds is 4. The summed E-state index contributed by atoms with van der Waals surface area (Å²) in [5.41, 5.74) is 5.53. The Hall–Kier alpha value is -1.63. The van der Waals surface area contributed by atoms with E-state index in [0.717, 1.165) is 25.6 Å². The second kappa shape index (κ2) is 4.56. The molecule has 1 amide bonds. The number of nitrogens with one attached hydrogen (secondary N) is 1. The summed E-state index contributed by atoms with van der Waals surface area (Å²) < 4.78 is 4.40. The van der Waals surface area contributed by atoms with E-state index in [1.165, 1.54) is 12.8 Å². The van der Waals surface area contributed by atoms with Crippen molar-refractivity contribution in [2.45, 2.75) is 25.3 Å². The van der Waals surface area contributed by atoms with Gasteiger partial charge >= 0.3 is 0 Å². The molecule has 1 aromatic rings. The molecule has 2 aliphatic rings. The molecule has 1 aromatic heterocycles. The van der Waals surface area contributed by atoms with E-state index in [4.69, 9.17) is 5.73 Å². The molecule has 7 heteroatoms. The Balaban J connectivity index is 1.47. The number of amides is 1. The van der Waals surface area contributed by atoms with Crippen LogP contribution in [0.1, 0.15) is 29.8 Å². The van der Waals surface area contributed by atoms with Crippen LogP contribution in [-0.4, -0.2) is 46.8 Å². The molecule has 1 aliphatic heterocycles. The molecular formula is C11H17N5O2. The fourth-order valence-electron chi connectivity index (χ4n) is 2.47. The molecule has 1 saturated carbocycles. The zero-order valence-corrected chi connectivity index (χ0v) is 10.1. The lowest BCUT2D eigenvalue weighted by atomic mass is 10.1. The molecule has 2 heterocycles. The maximum absolute atomic E-state index is 11.7. The van der Waals surface area contributed by atoms with Crippen molar-refractivity contribution >= 4 is 11.7 Å². The van der Waals surface area contributed by atoms with Crippen LogP contribution in [0.25, 0.3) is 0 Å². The first-order valence-electron chi connectivity index (χ1n) is 6.34. The Morgan fingerprint density at radius 3 is 2.94 bits per heavy atom. The number of aromatic nitrogens is 2. The van der Waals surface area contributed by atoms with Gasteiger partial charge in [-0.15, -0.1) is 0 Å². The van der Waals surface area contributed by atoms with Crippen LogP contribution in [0.2, 0.25) is 0 Å². The fourth-order valence-corrected chi connectivity index (χ4v) is 2.47. The highest BCUT2D eigenvalue weighted by atomic mass is 16.6. The van der Waals surface area contributed by atoms with E-state index in [9.17, 15) is 4.79 Å². The van der Waals surface area contributed by atoms with Crippen molar-refractivity contribution < 1.29 is 9.42 Å². The molecule has 1 saturated heterocycles. The molecule has 7 nitrogen and oxygen atoms in total. The van der Waals surface area contributed by atoms with Gasteiger partial charge in [-0.2, -0.15) is 0 Å². The fraction of sp³-hybridized carbons (Fsp3) is 0.727. The van der Waals surface area contributed by atoms with Crippen LogP contribution >= 0.6 is 0 Å². The molecule has 1 aliphatic carbocycles. The highest BCUT2D eigenvalue weighted by molar-refractivity contribution is 5.95. The van der Waals surface area contributed by atoms with E-state index >= 15 is 0 Å². The SMILES string of the molecule is Nc1nonc1C(=O)NCC1CCN(C2CC2)C1. The lowest BCUT2D eigenvalue weighted by Gasteiger charge is -2.14. The molecule has 1 atom stereocenters. The third-order valence-corrected chi connectivity index (χ3v) is 3.66. The molecule has 0 bridgehead atoms. The predicted octanol–water partition coefficient (Wildman–Crippen LogP) is -0.134. The number of nitrogens with two attached hydrogens (primary N) is 1. The van der Waals surface area contributed by atoms with Gasteiger partial charge in [-0.3, -0.25) is 4.79 Å². The molecule has 1 unspecified atom stereocenters. The summed E-state index contributed by atoms with van der Waals surface area (Å²) in [4.78, 5) is 14.3. The number of hydrogen-bond donors (Lipinski definition) is 2. The highest BCUT2D eigenvalue weighted by Crippen LogP contribution is 2.31. The summed E-state index contributed by atoms with van der Waals surface area (Å²) in [7, 11) is 0. The van der Waals surface area contributed by atoms with Crippen molar-refractivity contribution in [3.8, 4) is 0 Å². The van der Waals surface area contributed by atoms with Crippen molar-refractivity contribution in [2.75, 3.05) is 25.4 Å². The Morgan fingerprint density at radius 1 is 1.44 bits per heavy atom. The van der Waals surface area contributed by atoms with E-state index < -0.39 is 0 Å². The quantitative estimate of drug-likeness (QED) is 0.773. The Kier molecular flexibility index (Phi) is 2.91. The van der Waals surface area contributed by atoms with Gasteiger partial charge in [0.25, 0.3) is 5.91 Å². The molecular weight excluding hydrogens is 234 g/mol. The molecule has 2 fully saturated rings. The summed E-state index contributed by atoms with van der Waals surface area (Å²) in [5, 5.41) is 9.70. The minimum Gasteiger partial charge on any atom is -0.379 e. The Bertz CT molecular complexity index is 442. The smallest absolute Gasteiger partial charge is 0.277 e. The zero-order valence-electron chi connectivity index (χ0n) is 10.1. The average Bonchev–Trinajstić information content (AvgIpc) is 2.95. The first-order chi connectivity index (χ1) is 8.74. The zero-order chi connectivity index (χ0) is 12.5. The second-order valence-corrected chi connectivity index (χ2v) is 5.09. The number of carbonyl (C=O) groups excluding carboxylic acids is 1. The van der Waals surface area contributed by atoms with Crippen LogP contribution in [0.5, 0.6) is 0 Å². The van der Waals surface area contributed by atoms with Crippen molar-refractivity contribution in [3.63, 3.8) is 0 Å². The van der Waals surface area contributed by atoms with Crippen LogP contribution < -0.4 is 11.1 Å². The van der Waals surface area contributed by atoms with Gasteiger partial charge in [0.05, 0.1) is 0 Å². The van der Waals surface area contributed by atoms with Gasteiger partial charge < -0.3 is 16.0 Å². The number of nitrogens with zero attached hydrogens (tertiary/aromatic N) is 3. The van der Waals surface area contributed by atoms with Gasteiger partial charge in [-0.25, -0.2) is 4.63 Å². The molecule has 0 aromatic carbocycles. The predicted molar refractivity (Wildman–Crippen MR) is 63.7 cm³/mol. The van der Waals surface area contributed by atoms with E-state index in [2.05, 4.69) is 25.2 Å². The summed E-state index contributed by atoms with van der Waals surface area (Å²) in [5.74, 6) is 0.257. The van der Waals surface area contributed by atoms with E-state index in [0.29, 0.717) is 12.5 Å². The van der Waals surface area contributed by atoms with Crippen molar-refractivity contribution in [3.05, 3.63) is 5.69 Å². The van der Waals surface area contributed by atoms with Gasteiger partial charge in [0.1, 0.15) is 0 Å². The minimum absolute atomic E-state index is 0.0403. The normalized spacial score (nSPS) is 24.3. The third-order valence-electron chi connectivity index (χ3n) is 3.66. The number of carbonyl (C=O) groups is 1. The van der Waals surface area contributed by atoms with Crippen LogP contribution in [0.4, 0.5) is 5.82 Å². The van der Waals surface area contributed by atoms with Crippen molar-refractivity contribution in [1.29, 1.82) is 0 Å². The van der Waals surface area contributed by atoms with Gasteiger partial charge in [0, 0.05) is 19.1 Å². The van der Waals surface area contributed by atoms with Gasteiger partial charge in [0.2, 0.25) is 11.5 Å². The largest absolute Gasteiger partial charge is 0.379 e. The summed E-state index contributed by atoms with van der Waals surface area (Å²) in [6.07, 6.45) is 3.81. The first-order valence-corrected chi connectivity index (χ1v) is 6.34. The summed E-state index contributed by atoms with van der Waals surface area (Å²) in [6, 6.07) is 0.807. The molecule has 98 valence electrons. The van der Waals surface area contributed by atoms with Crippen LogP contribution in [0.3, 0.4) is 0 Å². The molecule has 0 spiro atoms. The monoisotopic (exact) mass is 251 g/mol. The maximum atomic E-state index is 11.7. The number of likely N-dealkylation sites (tertiary alicyclic amines) is 1.